The smallest absolute Gasteiger partial charge is 0.268 e. The highest BCUT2D eigenvalue weighted by Gasteiger charge is 2.30. The third-order valence-corrected chi connectivity index (χ3v) is 7.84. The highest BCUT2D eigenvalue weighted by atomic mass is 32.2. The third kappa shape index (κ3) is 3.07. The summed E-state index contributed by atoms with van der Waals surface area (Å²) in [5, 5.41) is 0.918. The van der Waals surface area contributed by atoms with E-state index in [9.17, 15) is 8.42 Å². The molecule has 0 amide bonds. The topological polar surface area (TPSA) is 51.5 Å². The molecule has 5 rings (SSSR count). The first-order chi connectivity index (χ1) is 14.1. The molecule has 1 aromatic heterocycles. The van der Waals surface area contributed by atoms with Crippen LogP contribution in [0.1, 0.15) is 24.8 Å². The zero-order valence-corrected chi connectivity index (χ0v) is 17.2. The van der Waals surface area contributed by atoms with Crippen LogP contribution in [0.3, 0.4) is 0 Å². The Morgan fingerprint density at radius 3 is 2.72 bits per heavy atom. The summed E-state index contributed by atoms with van der Waals surface area (Å²) in [6.07, 6.45) is 7.46. The lowest BCUT2D eigenvalue weighted by Gasteiger charge is -2.29. The van der Waals surface area contributed by atoms with E-state index in [1.54, 1.807) is 37.6 Å². The van der Waals surface area contributed by atoms with Gasteiger partial charge in [-0.25, -0.2) is 12.4 Å². The fraction of sp³-hybridized carbons (Fsp3) is 0.304. The minimum absolute atomic E-state index is 0.291. The second-order valence-electron chi connectivity index (χ2n) is 7.76. The Labute approximate surface area is 171 Å². The van der Waals surface area contributed by atoms with Gasteiger partial charge in [0, 0.05) is 29.7 Å². The molecule has 0 radical (unpaired) electrons. The first-order valence-corrected chi connectivity index (χ1v) is 11.4. The van der Waals surface area contributed by atoms with Crippen molar-refractivity contribution in [2.45, 2.75) is 30.2 Å². The molecule has 2 aromatic carbocycles. The average Bonchev–Trinajstić information content (AvgIpc) is 3.38. The van der Waals surface area contributed by atoms with E-state index < -0.39 is 10.0 Å². The molecule has 1 unspecified atom stereocenters. The molecule has 3 aromatic rings. The molecule has 1 fully saturated rings. The zero-order valence-electron chi connectivity index (χ0n) is 16.4. The summed E-state index contributed by atoms with van der Waals surface area (Å²) in [6.45, 7) is 2.09. The maximum atomic E-state index is 13.4. The van der Waals surface area contributed by atoms with Crippen LogP contribution in [-0.4, -0.2) is 43.5 Å². The van der Waals surface area contributed by atoms with E-state index in [2.05, 4.69) is 11.0 Å². The Morgan fingerprint density at radius 2 is 1.93 bits per heavy atom. The van der Waals surface area contributed by atoms with Crippen LogP contribution in [0, 0.1) is 0 Å². The molecule has 0 saturated carbocycles. The fourth-order valence-electron chi connectivity index (χ4n) is 4.62. The van der Waals surface area contributed by atoms with E-state index in [1.807, 2.05) is 24.3 Å². The molecule has 1 saturated heterocycles. The van der Waals surface area contributed by atoms with Gasteiger partial charge in [-0.05, 0) is 61.7 Å². The molecule has 0 bridgehead atoms. The van der Waals surface area contributed by atoms with Crippen molar-refractivity contribution in [3.63, 3.8) is 0 Å². The third-order valence-electron chi connectivity index (χ3n) is 6.15. The molecular weight excluding hydrogens is 384 g/mol. The van der Waals surface area contributed by atoms with Gasteiger partial charge in [0.2, 0.25) is 0 Å². The summed E-state index contributed by atoms with van der Waals surface area (Å²) >= 11 is 0. The van der Waals surface area contributed by atoms with Crippen LogP contribution in [0.5, 0.6) is 5.75 Å². The van der Waals surface area contributed by atoms with Gasteiger partial charge < -0.3 is 4.74 Å². The number of hydrogen-bond donors (Lipinski definition) is 0. The molecule has 0 aliphatic carbocycles. The van der Waals surface area contributed by atoms with E-state index in [-0.39, 0.29) is 0 Å². The predicted octanol–water partition coefficient (Wildman–Crippen LogP) is 4.14. The van der Waals surface area contributed by atoms with Crippen molar-refractivity contribution in [3.8, 4) is 5.75 Å². The van der Waals surface area contributed by atoms with Gasteiger partial charge in [-0.3, -0.25) is 4.90 Å². The van der Waals surface area contributed by atoms with Crippen molar-refractivity contribution in [2.75, 3.05) is 20.2 Å². The van der Waals surface area contributed by atoms with Crippen molar-refractivity contribution in [1.29, 1.82) is 0 Å². The Bertz CT molecular complexity index is 1200. The summed E-state index contributed by atoms with van der Waals surface area (Å²) in [7, 11) is -2.05. The SMILES string of the molecule is COc1ccc2c(c1)c(C1=CCN3CCCC3C1)cn2S(=O)(=O)c1ccccc1. The standard InChI is InChI=1S/C23H24N2O3S/c1-28-19-9-10-23-21(15-19)22(17-11-13-24-12-5-6-18(24)14-17)16-25(23)29(26,27)20-7-3-2-4-8-20/h2-4,7-11,15-16,18H,5-6,12-14H2,1H3. The van der Waals surface area contributed by atoms with Crippen molar-refractivity contribution in [1.82, 2.24) is 8.87 Å². The molecule has 5 nitrogen and oxygen atoms in total. The van der Waals surface area contributed by atoms with Gasteiger partial charge in [0.15, 0.2) is 0 Å². The molecule has 150 valence electrons. The molecule has 29 heavy (non-hydrogen) atoms. The van der Waals surface area contributed by atoms with Gasteiger partial charge in [0.1, 0.15) is 5.75 Å². The van der Waals surface area contributed by atoms with Gasteiger partial charge in [-0.1, -0.05) is 24.3 Å². The summed E-state index contributed by atoms with van der Waals surface area (Å²) in [6, 6.07) is 14.8. The summed E-state index contributed by atoms with van der Waals surface area (Å²) in [5.74, 6) is 0.729. The quantitative estimate of drug-likeness (QED) is 0.651. The van der Waals surface area contributed by atoms with E-state index in [1.165, 1.54) is 22.4 Å². The number of rotatable bonds is 4. The number of nitrogens with zero attached hydrogens (tertiary/aromatic N) is 2. The maximum absolute atomic E-state index is 13.4. The number of ether oxygens (including phenoxy) is 1. The van der Waals surface area contributed by atoms with Gasteiger partial charge in [-0.2, -0.15) is 0 Å². The van der Waals surface area contributed by atoms with Crippen LogP contribution in [0.15, 0.2) is 65.7 Å². The van der Waals surface area contributed by atoms with E-state index >= 15 is 0 Å². The van der Waals surface area contributed by atoms with Crippen LogP contribution in [0.4, 0.5) is 0 Å². The van der Waals surface area contributed by atoms with Gasteiger partial charge >= 0.3 is 0 Å². The number of benzene rings is 2. The van der Waals surface area contributed by atoms with Gasteiger partial charge in [0.05, 0.1) is 17.5 Å². The average molecular weight is 409 g/mol. The van der Waals surface area contributed by atoms with Gasteiger partial charge in [-0.15, -0.1) is 0 Å². The molecule has 3 heterocycles. The summed E-state index contributed by atoms with van der Waals surface area (Å²) < 4.78 is 33.6. The highest BCUT2D eigenvalue weighted by molar-refractivity contribution is 7.90. The van der Waals surface area contributed by atoms with E-state index in [0.717, 1.165) is 36.2 Å². The number of methoxy groups -OCH3 is 1. The lowest BCUT2D eigenvalue weighted by atomic mass is 9.94. The largest absolute Gasteiger partial charge is 0.497 e. The molecule has 1 atom stereocenters. The molecule has 0 spiro atoms. The van der Waals surface area contributed by atoms with Crippen LogP contribution in [0.25, 0.3) is 16.5 Å². The summed E-state index contributed by atoms with van der Waals surface area (Å²) in [5.41, 5.74) is 2.90. The Hall–Kier alpha value is -2.57. The second-order valence-corrected chi connectivity index (χ2v) is 9.58. The van der Waals surface area contributed by atoms with Crippen molar-refractivity contribution in [2.24, 2.45) is 0 Å². The minimum Gasteiger partial charge on any atom is -0.497 e. The molecule has 0 N–H and O–H groups in total. The maximum Gasteiger partial charge on any atom is 0.268 e. The normalized spacial score (nSPS) is 19.9. The van der Waals surface area contributed by atoms with E-state index in [4.69, 9.17) is 4.74 Å². The monoisotopic (exact) mass is 408 g/mol. The van der Waals surface area contributed by atoms with Crippen LogP contribution >= 0.6 is 0 Å². The van der Waals surface area contributed by atoms with Crippen molar-refractivity contribution >= 4 is 26.5 Å². The fourth-order valence-corrected chi connectivity index (χ4v) is 6.01. The molecular formula is C23H24N2O3S. The van der Waals surface area contributed by atoms with Crippen LogP contribution in [0.2, 0.25) is 0 Å². The van der Waals surface area contributed by atoms with Crippen LogP contribution < -0.4 is 4.74 Å². The Kier molecular flexibility index (Phi) is 4.48. The molecule has 2 aliphatic heterocycles. The van der Waals surface area contributed by atoms with Crippen LogP contribution in [-0.2, 0) is 10.0 Å². The predicted molar refractivity (Wildman–Crippen MR) is 115 cm³/mol. The second kappa shape index (κ2) is 7.04. The Balaban J connectivity index is 1.69. The highest BCUT2D eigenvalue weighted by Crippen LogP contribution is 2.38. The summed E-state index contributed by atoms with van der Waals surface area (Å²) in [4.78, 5) is 2.81. The number of hydrogen-bond acceptors (Lipinski definition) is 4. The zero-order chi connectivity index (χ0) is 20.0. The van der Waals surface area contributed by atoms with Crippen molar-refractivity contribution < 1.29 is 13.2 Å². The molecule has 2 aliphatic rings. The van der Waals surface area contributed by atoms with Crippen molar-refractivity contribution in [3.05, 3.63) is 66.4 Å². The lowest BCUT2D eigenvalue weighted by Crippen LogP contribution is -2.32. The first-order valence-electron chi connectivity index (χ1n) is 10.0. The minimum atomic E-state index is -3.68. The molecule has 6 heteroatoms. The first kappa shape index (κ1) is 18.5. The Morgan fingerprint density at radius 1 is 1.10 bits per heavy atom. The number of fused-ring (bicyclic) bond motifs is 2. The lowest BCUT2D eigenvalue weighted by molar-refractivity contribution is 0.275. The van der Waals surface area contributed by atoms with Gasteiger partial charge in [0.25, 0.3) is 10.0 Å². The van der Waals surface area contributed by atoms with E-state index in [0.29, 0.717) is 16.5 Å². The number of aromatic nitrogens is 1.